The van der Waals surface area contributed by atoms with E-state index in [9.17, 15) is 24.3 Å². The zero-order valence-electron chi connectivity index (χ0n) is 21.5. The van der Waals surface area contributed by atoms with Gasteiger partial charge in [0.2, 0.25) is 0 Å². The fourth-order valence-electron chi connectivity index (χ4n) is 6.56. The molecule has 0 aromatic rings. The SMILES string of the molecule is C=C1/C=C/[C@H](OC(C)=O)[C@@]2(C)C[C@@H](OC(C)=O)C[C@]3(CO3)[C@@H]2[C@H](OC(C)=O)[C@]2(O)[C@@H](C)C(=O)O[C@H]2[C@H]1Cl. The smallest absolute Gasteiger partial charge is 0.312 e. The van der Waals surface area contributed by atoms with E-state index in [1.807, 2.05) is 0 Å². The number of halogens is 1. The second-order valence-corrected chi connectivity index (χ2v) is 11.3. The first kappa shape index (κ1) is 27.6. The van der Waals surface area contributed by atoms with Gasteiger partial charge in [0.25, 0.3) is 0 Å². The molecule has 2 aliphatic heterocycles. The summed E-state index contributed by atoms with van der Waals surface area (Å²) in [5.41, 5.74) is -3.91. The van der Waals surface area contributed by atoms with Gasteiger partial charge in [-0.05, 0) is 25.0 Å². The summed E-state index contributed by atoms with van der Waals surface area (Å²) in [5.74, 6) is -4.41. The van der Waals surface area contributed by atoms with Crippen molar-refractivity contribution < 1.29 is 48.0 Å². The van der Waals surface area contributed by atoms with Crippen LogP contribution in [0.25, 0.3) is 0 Å². The van der Waals surface area contributed by atoms with E-state index < -0.39 is 82.1 Å². The van der Waals surface area contributed by atoms with E-state index in [-0.39, 0.29) is 25.0 Å². The average Bonchev–Trinajstić information content (AvgIpc) is 3.49. The highest BCUT2D eigenvalue weighted by molar-refractivity contribution is 6.23. The Morgan fingerprint density at radius 1 is 1.11 bits per heavy atom. The molecular formula is C26H33ClO10. The number of epoxide rings is 1. The van der Waals surface area contributed by atoms with Gasteiger partial charge in [-0.3, -0.25) is 19.2 Å². The van der Waals surface area contributed by atoms with Gasteiger partial charge in [0.05, 0.1) is 17.9 Å². The summed E-state index contributed by atoms with van der Waals surface area (Å²) in [6, 6.07) is 0. The predicted octanol–water partition coefficient (Wildman–Crippen LogP) is 1.99. The van der Waals surface area contributed by atoms with E-state index in [1.54, 1.807) is 19.1 Å². The Hall–Kier alpha value is -2.43. The molecule has 0 aromatic heterocycles. The maximum atomic E-state index is 12.8. The van der Waals surface area contributed by atoms with Gasteiger partial charge in [0.15, 0.2) is 11.7 Å². The maximum Gasteiger partial charge on any atom is 0.312 e. The van der Waals surface area contributed by atoms with Crippen LogP contribution in [-0.4, -0.2) is 76.6 Å². The molecular weight excluding hydrogens is 508 g/mol. The van der Waals surface area contributed by atoms with Crippen LogP contribution in [0.5, 0.6) is 0 Å². The number of hydrogen-bond donors (Lipinski definition) is 1. The second kappa shape index (κ2) is 9.39. The van der Waals surface area contributed by atoms with Crippen LogP contribution in [0.3, 0.4) is 0 Å². The number of ether oxygens (including phenoxy) is 5. The number of alkyl halides is 1. The third kappa shape index (κ3) is 4.57. The maximum absolute atomic E-state index is 12.8. The van der Waals surface area contributed by atoms with Crippen LogP contribution >= 0.6 is 11.6 Å². The molecule has 204 valence electrons. The van der Waals surface area contributed by atoms with Crippen LogP contribution in [0.1, 0.15) is 47.5 Å². The minimum Gasteiger partial charge on any atom is -0.462 e. The third-order valence-corrected chi connectivity index (χ3v) is 8.72. The van der Waals surface area contributed by atoms with Crippen molar-refractivity contribution in [3.8, 4) is 0 Å². The number of rotatable bonds is 3. The van der Waals surface area contributed by atoms with E-state index in [0.29, 0.717) is 0 Å². The number of carbonyl (C=O) groups excluding carboxylic acids is 4. The molecule has 2 aliphatic carbocycles. The lowest BCUT2D eigenvalue weighted by Crippen LogP contribution is -2.68. The third-order valence-electron chi connectivity index (χ3n) is 8.21. The Labute approximate surface area is 220 Å². The Morgan fingerprint density at radius 2 is 1.70 bits per heavy atom. The summed E-state index contributed by atoms with van der Waals surface area (Å²) in [6.07, 6.45) is -0.592. The van der Waals surface area contributed by atoms with Crippen molar-refractivity contribution in [3.63, 3.8) is 0 Å². The summed E-state index contributed by atoms with van der Waals surface area (Å²) < 4.78 is 28.8. The monoisotopic (exact) mass is 540 g/mol. The molecule has 3 fully saturated rings. The standard InChI is InChI=1S/C26H33ClO10/c1-12-7-8-18(35-15(4)29)24(6)9-17(34-14(3)28)10-25(11-33-25)20(24)22(36-16(5)30)26(32)13(2)23(31)37-21(26)19(12)27/h7-8,13,17-22,32H,1,9-11H2,2-6H3/b8-7+/t13-,17+,18-,19-,20+,21-,22-,24+,25-,26-/m0/s1. The predicted molar refractivity (Wildman–Crippen MR) is 128 cm³/mol. The van der Waals surface area contributed by atoms with Crippen molar-refractivity contribution in [1.82, 2.24) is 0 Å². The van der Waals surface area contributed by atoms with Crippen molar-refractivity contribution >= 4 is 35.5 Å². The molecule has 10 atom stereocenters. The molecule has 0 unspecified atom stereocenters. The summed E-state index contributed by atoms with van der Waals surface area (Å²) in [5, 5.41) is 11.3. The summed E-state index contributed by atoms with van der Waals surface area (Å²) in [7, 11) is 0. The molecule has 1 saturated carbocycles. The quantitative estimate of drug-likeness (QED) is 0.245. The van der Waals surface area contributed by atoms with Crippen molar-refractivity contribution in [3.05, 3.63) is 24.3 Å². The molecule has 11 heteroatoms. The first-order valence-corrected chi connectivity index (χ1v) is 12.7. The Kier molecular flexibility index (Phi) is 7.01. The van der Waals surface area contributed by atoms with E-state index in [2.05, 4.69) is 6.58 Å². The van der Waals surface area contributed by atoms with Gasteiger partial charge in [-0.1, -0.05) is 19.6 Å². The molecule has 10 nitrogen and oxygen atoms in total. The molecule has 0 bridgehead atoms. The molecule has 0 radical (unpaired) electrons. The molecule has 2 saturated heterocycles. The molecule has 2 heterocycles. The van der Waals surface area contributed by atoms with E-state index in [1.165, 1.54) is 27.7 Å². The normalized spacial score (nSPS) is 45.6. The van der Waals surface area contributed by atoms with Crippen molar-refractivity contribution in [2.45, 2.75) is 88.5 Å². The number of fused-ring (bicyclic) bond motifs is 3. The molecule has 37 heavy (non-hydrogen) atoms. The van der Waals surface area contributed by atoms with Gasteiger partial charge in [-0.25, -0.2) is 0 Å². The molecule has 0 aromatic carbocycles. The zero-order valence-corrected chi connectivity index (χ0v) is 22.3. The topological polar surface area (TPSA) is 138 Å². The van der Waals surface area contributed by atoms with Crippen LogP contribution < -0.4 is 0 Å². The number of esters is 4. The highest BCUT2D eigenvalue weighted by Gasteiger charge is 2.74. The summed E-state index contributed by atoms with van der Waals surface area (Å²) in [6.45, 7) is 11.2. The Bertz CT molecular complexity index is 1050. The number of aliphatic hydroxyl groups is 1. The van der Waals surface area contributed by atoms with Gasteiger partial charge in [-0.15, -0.1) is 11.6 Å². The number of hydrogen-bond acceptors (Lipinski definition) is 10. The largest absolute Gasteiger partial charge is 0.462 e. The molecule has 4 rings (SSSR count). The number of allylic oxidation sites excluding steroid dienone is 1. The van der Waals surface area contributed by atoms with Crippen molar-refractivity contribution in [2.75, 3.05) is 6.61 Å². The molecule has 1 N–H and O–H groups in total. The van der Waals surface area contributed by atoms with Crippen LogP contribution in [0.15, 0.2) is 24.3 Å². The minimum absolute atomic E-state index is 0.184. The Balaban J connectivity index is 1.99. The first-order valence-electron chi connectivity index (χ1n) is 12.2. The second-order valence-electron chi connectivity index (χ2n) is 10.8. The lowest BCUT2D eigenvalue weighted by molar-refractivity contribution is -0.226. The fraction of sp³-hybridized carbons (Fsp3) is 0.692. The number of carbonyl (C=O) groups is 4. The highest BCUT2D eigenvalue weighted by Crippen LogP contribution is 2.62. The van der Waals surface area contributed by atoms with Gasteiger partial charge in [-0.2, -0.15) is 0 Å². The fourth-order valence-corrected chi connectivity index (χ4v) is 6.89. The van der Waals surface area contributed by atoms with Crippen LogP contribution in [0.2, 0.25) is 0 Å². The Morgan fingerprint density at radius 3 is 2.24 bits per heavy atom. The molecule has 0 amide bonds. The van der Waals surface area contributed by atoms with Gasteiger partial charge in [0, 0.05) is 38.5 Å². The van der Waals surface area contributed by atoms with Gasteiger partial charge < -0.3 is 28.8 Å². The van der Waals surface area contributed by atoms with Crippen LogP contribution in [0.4, 0.5) is 0 Å². The van der Waals surface area contributed by atoms with Gasteiger partial charge >= 0.3 is 23.9 Å². The minimum atomic E-state index is -2.08. The van der Waals surface area contributed by atoms with Gasteiger partial charge in [0.1, 0.15) is 23.9 Å². The summed E-state index contributed by atoms with van der Waals surface area (Å²) in [4.78, 5) is 49.5. The van der Waals surface area contributed by atoms with Crippen molar-refractivity contribution in [1.29, 1.82) is 0 Å². The van der Waals surface area contributed by atoms with Crippen LogP contribution in [0, 0.1) is 17.3 Å². The highest BCUT2D eigenvalue weighted by atomic mass is 35.5. The van der Waals surface area contributed by atoms with E-state index in [0.717, 1.165) is 0 Å². The lowest BCUT2D eigenvalue weighted by Gasteiger charge is -2.55. The summed E-state index contributed by atoms with van der Waals surface area (Å²) >= 11 is 6.70. The van der Waals surface area contributed by atoms with E-state index >= 15 is 0 Å². The lowest BCUT2D eigenvalue weighted by atomic mass is 9.53. The first-order chi connectivity index (χ1) is 17.2. The molecule has 1 spiro atoms. The average molecular weight is 541 g/mol. The zero-order chi connectivity index (χ0) is 27.5. The van der Waals surface area contributed by atoms with E-state index in [4.69, 9.17) is 35.3 Å². The van der Waals surface area contributed by atoms with Crippen LogP contribution in [-0.2, 0) is 42.9 Å². The molecule has 4 aliphatic rings. The van der Waals surface area contributed by atoms with Crippen molar-refractivity contribution in [2.24, 2.45) is 17.3 Å².